The van der Waals surface area contributed by atoms with Crippen LogP contribution in [0.4, 0.5) is 4.39 Å². The van der Waals surface area contributed by atoms with Gasteiger partial charge in [-0.25, -0.2) is 9.37 Å². The van der Waals surface area contributed by atoms with Crippen molar-refractivity contribution in [3.8, 4) is 0 Å². The molecule has 2 aromatic rings. The molecule has 34 heavy (non-hydrogen) atoms. The topological polar surface area (TPSA) is 108 Å². The number of aromatic amines is 1. The van der Waals surface area contributed by atoms with Crippen molar-refractivity contribution in [1.29, 1.82) is 0 Å². The third kappa shape index (κ3) is 4.67. The number of halogens is 1. The van der Waals surface area contributed by atoms with E-state index in [1.54, 1.807) is 12.1 Å². The van der Waals surface area contributed by atoms with Gasteiger partial charge in [0.15, 0.2) is 0 Å². The van der Waals surface area contributed by atoms with E-state index < -0.39 is 23.7 Å². The first-order chi connectivity index (χ1) is 16.5. The normalized spacial score (nSPS) is 25.0. The lowest BCUT2D eigenvalue weighted by Gasteiger charge is -2.29. The van der Waals surface area contributed by atoms with Gasteiger partial charge in [0.05, 0.1) is 18.9 Å². The van der Waals surface area contributed by atoms with Crippen molar-refractivity contribution in [2.75, 3.05) is 19.8 Å². The predicted octanol–water partition coefficient (Wildman–Crippen LogP) is 2.40. The van der Waals surface area contributed by atoms with Crippen molar-refractivity contribution in [3.05, 3.63) is 71.2 Å². The predicted molar refractivity (Wildman–Crippen MR) is 124 cm³/mol. The average Bonchev–Trinajstić information content (AvgIpc) is 3.60. The van der Waals surface area contributed by atoms with Gasteiger partial charge in [-0.2, -0.15) is 0 Å². The Balaban J connectivity index is 1.41. The van der Waals surface area contributed by atoms with Gasteiger partial charge < -0.3 is 25.7 Å². The lowest BCUT2D eigenvalue weighted by atomic mass is 9.95. The molecule has 3 aliphatic rings. The van der Waals surface area contributed by atoms with Gasteiger partial charge in [-0.3, -0.25) is 9.59 Å². The van der Waals surface area contributed by atoms with E-state index >= 15 is 0 Å². The summed E-state index contributed by atoms with van der Waals surface area (Å²) >= 11 is 0. The van der Waals surface area contributed by atoms with E-state index in [2.05, 4.69) is 27.5 Å². The van der Waals surface area contributed by atoms with E-state index in [4.69, 9.17) is 9.72 Å². The van der Waals surface area contributed by atoms with Crippen molar-refractivity contribution in [2.24, 2.45) is 0 Å². The maximum absolute atomic E-state index is 13.6. The summed E-state index contributed by atoms with van der Waals surface area (Å²) in [6.45, 7) is 5.96. The summed E-state index contributed by atoms with van der Waals surface area (Å²) in [6, 6.07) is 4.81. The van der Waals surface area contributed by atoms with Crippen LogP contribution in [-0.4, -0.2) is 47.6 Å². The van der Waals surface area contributed by atoms with Crippen LogP contribution in [-0.2, 0) is 14.3 Å². The van der Waals surface area contributed by atoms with E-state index in [1.165, 1.54) is 18.2 Å². The lowest BCUT2D eigenvalue weighted by Crippen LogP contribution is -2.49. The molecule has 5 rings (SSSR count). The Morgan fingerprint density at radius 3 is 2.85 bits per heavy atom. The van der Waals surface area contributed by atoms with Crippen molar-refractivity contribution >= 4 is 17.9 Å². The van der Waals surface area contributed by atoms with Gasteiger partial charge in [-0.15, -0.1) is 6.58 Å². The Bertz CT molecular complexity index is 1130. The van der Waals surface area contributed by atoms with Gasteiger partial charge in [-0.05, 0) is 43.0 Å². The Hall–Kier alpha value is -3.30. The number of carbonyl (C=O) groups is 2. The van der Waals surface area contributed by atoms with Crippen LogP contribution in [0.5, 0.6) is 0 Å². The minimum absolute atomic E-state index is 0.0505. The number of hydrogen-bond donors (Lipinski definition) is 4. The molecule has 1 saturated carbocycles. The zero-order valence-electron chi connectivity index (χ0n) is 18.8. The highest BCUT2D eigenvalue weighted by molar-refractivity contribution is 6.07. The minimum atomic E-state index is -0.952. The fourth-order valence-electron chi connectivity index (χ4n) is 4.57. The molecule has 3 heterocycles. The number of amides is 2. The Kier molecular flexibility index (Phi) is 6.30. The molecule has 178 valence electrons. The molecular formula is C25H28FN5O3. The molecule has 2 amide bonds. The Morgan fingerprint density at radius 1 is 1.29 bits per heavy atom. The summed E-state index contributed by atoms with van der Waals surface area (Å²) in [6.07, 6.45) is 6.32. The summed E-state index contributed by atoms with van der Waals surface area (Å²) in [7, 11) is 0. The quantitative estimate of drug-likeness (QED) is 0.371. The first kappa shape index (κ1) is 22.5. The Morgan fingerprint density at radius 2 is 2.15 bits per heavy atom. The standard InChI is InChI=1S/C25H28FN5O3/c1-2-4-17(20-13-34-10-9-27-20)23-28-18(21(30-23)14-7-8-14)12-19-24(32)31-22(25(33)29-19)15-5-3-6-16(26)11-15/h2-3,5-6,11-12,14,17,20,22,27H,1,4,7-10,13H2,(H,28,30)(H,29,33)(H,31,32). The van der Waals surface area contributed by atoms with Gasteiger partial charge in [-0.1, -0.05) is 18.2 Å². The zero-order valence-corrected chi connectivity index (χ0v) is 18.8. The van der Waals surface area contributed by atoms with Crippen molar-refractivity contribution in [1.82, 2.24) is 25.9 Å². The second-order valence-corrected chi connectivity index (χ2v) is 8.97. The fourth-order valence-corrected chi connectivity index (χ4v) is 4.57. The number of ether oxygens (including phenoxy) is 1. The number of morpholine rings is 1. The van der Waals surface area contributed by atoms with Crippen molar-refractivity contribution in [2.45, 2.75) is 43.2 Å². The van der Waals surface area contributed by atoms with E-state index in [1.807, 2.05) is 6.08 Å². The highest BCUT2D eigenvalue weighted by Crippen LogP contribution is 2.42. The monoisotopic (exact) mass is 465 g/mol. The summed E-state index contributed by atoms with van der Waals surface area (Å²) in [5.41, 5.74) is 2.14. The molecule has 3 atom stereocenters. The molecule has 3 unspecified atom stereocenters. The summed E-state index contributed by atoms with van der Waals surface area (Å²) < 4.78 is 19.3. The number of imidazole rings is 1. The van der Waals surface area contributed by atoms with Gasteiger partial charge >= 0.3 is 0 Å². The highest BCUT2D eigenvalue weighted by Gasteiger charge is 2.35. The molecule has 0 spiro atoms. The SMILES string of the molecule is C=CCC(c1nc(C=C2NC(=O)C(c3cccc(F)c3)NC2=O)c(C2CC2)[nH]1)C1COCCN1. The van der Waals surface area contributed by atoms with Crippen LogP contribution in [0.15, 0.2) is 42.6 Å². The number of carbonyl (C=O) groups excluding carboxylic acids is 2. The largest absolute Gasteiger partial charge is 0.378 e. The fraction of sp³-hybridized carbons (Fsp3) is 0.400. The van der Waals surface area contributed by atoms with E-state index in [-0.39, 0.29) is 17.7 Å². The number of H-pyrrole nitrogens is 1. The lowest BCUT2D eigenvalue weighted by molar-refractivity contribution is -0.131. The van der Waals surface area contributed by atoms with Crippen LogP contribution >= 0.6 is 0 Å². The number of nitrogens with one attached hydrogen (secondary N) is 4. The number of hydrogen-bond acceptors (Lipinski definition) is 5. The number of nitrogens with zero attached hydrogens (tertiary/aromatic N) is 1. The molecule has 2 saturated heterocycles. The first-order valence-electron chi connectivity index (χ1n) is 11.6. The van der Waals surface area contributed by atoms with E-state index in [0.717, 1.165) is 37.3 Å². The smallest absolute Gasteiger partial charge is 0.268 e. The third-order valence-corrected chi connectivity index (χ3v) is 6.48. The van der Waals surface area contributed by atoms with E-state index in [9.17, 15) is 14.0 Å². The van der Waals surface area contributed by atoms with Crippen LogP contribution in [0.1, 0.15) is 59.9 Å². The molecule has 0 bridgehead atoms. The summed E-state index contributed by atoms with van der Waals surface area (Å²) in [4.78, 5) is 33.9. The average molecular weight is 466 g/mol. The van der Waals surface area contributed by atoms with Crippen LogP contribution in [0.3, 0.4) is 0 Å². The minimum Gasteiger partial charge on any atom is -0.378 e. The number of allylic oxidation sites excluding steroid dienone is 1. The molecule has 4 N–H and O–H groups in total. The molecule has 1 aliphatic carbocycles. The molecule has 2 aliphatic heterocycles. The molecule has 3 fully saturated rings. The van der Waals surface area contributed by atoms with Crippen LogP contribution in [0.25, 0.3) is 6.08 Å². The van der Waals surface area contributed by atoms with Crippen molar-refractivity contribution < 1.29 is 18.7 Å². The third-order valence-electron chi connectivity index (χ3n) is 6.48. The van der Waals surface area contributed by atoms with Gasteiger partial charge in [0.2, 0.25) is 0 Å². The number of aromatic nitrogens is 2. The van der Waals surface area contributed by atoms with Crippen LogP contribution < -0.4 is 16.0 Å². The summed E-state index contributed by atoms with van der Waals surface area (Å²) in [5, 5.41) is 8.86. The van der Waals surface area contributed by atoms with Crippen LogP contribution in [0.2, 0.25) is 0 Å². The van der Waals surface area contributed by atoms with Crippen molar-refractivity contribution in [3.63, 3.8) is 0 Å². The van der Waals surface area contributed by atoms with Crippen LogP contribution in [0, 0.1) is 5.82 Å². The maximum Gasteiger partial charge on any atom is 0.268 e. The van der Waals surface area contributed by atoms with Gasteiger partial charge in [0.1, 0.15) is 23.4 Å². The summed E-state index contributed by atoms with van der Waals surface area (Å²) in [5.74, 6) is -0.105. The maximum atomic E-state index is 13.6. The second-order valence-electron chi connectivity index (χ2n) is 8.97. The highest BCUT2D eigenvalue weighted by atomic mass is 19.1. The first-order valence-corrected chi connectivity index (χ1v) is 11.6. The second kappa shape index (κ2) is 9.52. The molecule has 9 heteroatoms. The van der Waals surface area contributed by atoms with Gasteiger partial charge in [0.25, 0.3) is 11.8 Å². The van der Waals surface area contributed by atoms with Gasteiger partial charge in [0, 0.05) is 30.1 Å². The number of piperazine rings is 1. The van der Waals surface area contributed by atoms with E-state index in [0.29, 0.717) is 30.4 Å². The molecule has 8 nitrogen and oxygen atoms in total. The number of benzene rings is 1. The molecule has 1 aromatic carbocycles. The molecule has 0 radical (unpaired) electrons. The molecular weight excluding hydrogens is 437 g/mol. The Labute approximate surface area is 197 Å². The zero-order chi connectivity index (χ0) is 23.7. The number of rotatable bonds is 7. The molecule has 1 aromatic heterocycles.